The normalized spacial score (nSPS) is 9.86. The van der Waals surface area contributed by atoms with Gasteiger partial charge in [-0.2, -0.15) is 0 Å². The molecule has 0 saturated carbocycles. The van der Waals surface area contributed by atoms with Crippen LogP contribution in [0.2, 0.25) is 0 Å². The third-order valence-electron chi connectivity index (χ3n) is 8.29. The minimum atomic E-state index is -1.01. The second-order valence-corrected chi connectivity index (χ2v) is 13.8. The molecule has 0 spiro atoms. The molecule has 0 unspecified atom stereocenters. The molecule has 0 bridgehead atoms. The summed E-state index contributed by atoms with van der Waals surface area (Å²) in [6, 6.07) is 37.3. The number of aromatic carboxylic acids is 2. The SMILES string of the molecule is CC(=O)Oc1ccc(-c2nc3ccccc3c(=O)o2)cc1.CC(=O)Oc1ccc(C(=O)Cl)cc1.CC(=O)Oc1ccc(C(=O)O)cc1.O=C(O)c1ccc(O)cc1.O=c1[nH]c2ccccc2c(=O)o1. The van der Waals surface area contributed by atoms with Gasteiger partial charge in [0.25, 0.3) is 5.24 Å². The van der Waals surface area contributed by atoms with Gasteiger partial charge in [-0.05, 0) is 133 Å². The van der Waals surface area contributed by atoms with E-state index in [1.54, 1.807) is 66.7 Å². The first-order valence-electron chi connectivity index (χ1n) is 19.6. The summed E-state index contributed by atoms with van der Waals surface area (Å²) in [5.41, 5.74) is 1.39. The first-order valence-corrected chi connectivity index (χ1v) is 20.0. The van der Waals surface area contributed by atoms with E-state index in [-0.39, 0.29) is 22.8 Å². The Morgan fingerprint density at radius 1 is 0.522 bits per heavy atom. The molecule has 0 amide bonds. The lowest BCUT2D eigenvalue weighted by Gasteiger charge is -2.03. The number of carbonyl (C=O) groups excluding carboxylic acids is 4. The van der Waals surface area contributed by atoms with Gasteiger partial charge < -0.3 is 38.4 Å². The van der Waals surface area contributed by atoms with Crippen LogP contribution in [0.5, 0.6) is 23.0 Å². The highest BCUT2D eigenvalue weighted by Gasteiger charge is 2.09. The van der Waals surface area contributed by atoms with Crippen molar-refractivity contribution >= 4 is 68.5 Å². The summed E-state index contributed by atoms with van der Waals surface area (Å²) >= 11 is 5.21. The minimum absolute atomic E-state index is 0.0741. The van der Waals surface area contributed by atoms with E-state index in [4.69, 9.17) is 45.5 Å². The van der Waals surface area contributed by atoms with Crippen molar-refractivity contribution in [3.05, 3.63) is 194 Å². The van der Waals surface area contributed by atoms with E-state index in [1.165, 1.54) is 93.6 Å². The Kier molecular flexibility index (Phi) is 19.1. The van der Waals surface area contributed by atoms with Crippen LogP contribution in [0.4, 0.5) is 0 Å². The van der Waals surface area contributed by atoms with E-state index < -0.39 is 52.1 Å². The molecule has 0 aliphatic carbocycles. The van der Waals surface area contributed by atoms with Crippen molar-refractivity contribution in [3.8, 4) is 34.5 Å². The molecule has 6 aromatic carbocycles. The Morgan fingerprint density at radius 2 is 0.928 bits per heavy atom. The molecule has 352 valence electrons. The van der Waals surface area contributed by atoms with Crippen molar-refractivity contribution in [1.29, 1.82) is 0 Å². The summed E-state index contributed by atoms with van der Waals surface area (Å²) in [4.78, 5) is 104. The number of para-hydroxylation sites is 2. The van der Waals surface area contributed by atoms with Crippen molar-refractivity contribution in [2.45, 2.75) is 20.8 Å². The van der Waals surface area contributed by atoms with Crippen molar-refractivity contribution in [2.24, 2.45) is 0 Å². The zero-order chi connectivity index (χ0) is 50.6. The largest absolute Gasteiger partial charge is 0.508 e. The Bertz CT molecular complexity index is 3200. The zero-order valence-corrected chi connectivity index (χ0v) is 37.0. The molecule has 0 saturated heterocycles. The number of aromatic hydroxyl groups is 1. The molecule has 20 heteroatoms. The molecule has 0 fully saturated rings. The molecule has 8 aromatic rings. The maximum Gasteiger partial charge on any atom is 0.419 e. The van der Waals surface area contributed by atoms with Crippen LogP contribution in [-0.2, 0) is 14.4 Å². The number of hydrogen-bond acceptors (Lipinski definition) is 16. The van der Waals surface area contributed by atoms with Crippen LogP contribution >= 0.6 is 11.6 Å². The van der Waals surface area contributed by atoms with Gasteiger partial charge in [-0.25, -0.2) is 29.0 Å². The predicted octanol–water partition coefficient (Wildman–Crippen LogP) is 7.65. The topological polar surface area (TPSA) is 297 Å². The number of phenols is 1. The summed E-state index contributed by atoms with van der Waals surface area (Å²) in [6.45, 7) is 3.92. The lowest BCUT2D eigenvalue weighted by molar-refractivity contribution is -0.132. The monoisotopic (exact) mass is 960 g/mol. The summed E-state index contributed by atoms with van der Waals surface area (Å²) in [5.74, 6) is -2.46. The van der Waals surface area contributed by atoms with Gasteiger partial charge in [0.1, 0.15) is 23.0 Å². The van der Waals surface area contributed by atoms with E-state index in [0.29, 0.717) is 50.2 Å². The number of phenolic OH excluding ortho intramolecular Hbond substituents is 1. The fraction of sp³-hybridized carbons (Fsp3) is 0.0612. The number of carboxylic acids is 2. The number of benzene rings is 6. The Morgan fingerprint density at radius 3 is 1.39 bits per heavy atom. The van der Waals surface area contributed by atoms with Crippen LogP contribution in [0.1, 0.15) is 51.8 Å². The van der Waals surface area contributed by atoms with Crippen LogP contribution in [0.25, 0.3) is 33.3 Å². The lowest BCUT2D eigenvalue weighted by atomic mass is 10.2. The van der Waals surface area contributed by atoms with Crippen LogP contribution in [0.15, 0.2) is 169 Å². The third kappa shape index (κ3) is 17.1. The molecule has 0 atom stereocenters. The molecule has 2 aromatic heterocycles. The van der Waals surface area contributed by atoms with Crippen LogP contribution < -0.4 is 31.2 Å². The highest BCUT2D eigenvalue weighted by Crippen LogP contribution is 2.22. The second-order valence-electron chi connectivity index (χ2n) is 13.5. The first-order chi connectivity index (χ1) is 32.8. The first kappa shape index (κ1) is 52.1. The van der Waals surface area contributed by atoms with Crippen molar-refractivity contribution in [3.63, 3.8) is 0 Å². The predicted molar refractivity (Wildman–Crippen MR) is 248 cm³/mol. The maximum absolute atomic E-state index is 11.9. The number of carbonyl (C=O) groups is 6. The number of aromatic nitrogens is 2. The van der Waals surface area contributed by atoms with E-state index in [0.717, 1.165) is 0 Å². The molecule has 2 heterocycles. The van der Waals surface area contributed by atoms with Gasteiger partial charge >= 0.3 is 46.9 Å². The van der Waals surface area contributed by atoms with Crippen LogP contribution in [0, 0.1) is 0 Å². The highest BCUT2D eigenvalue weighted by atomic mass is 35.5. The summed E-state index contributed by atoms with van der Waals surface area (Å²) in [5, 5.41) is 26.0. The maximum atomic E-state index is 11.9. The van der Waals surface area contributed by atoms with Crippen LogP contribution in [0.3, 0.4) is 0 Å². The van der Waals surface area contributed by atoms with Gasteiger partial charge in [-0.15, -0.1) is 0 Å². The molecular weight excluding hydrogens is 924 g/mol. The van der Waals surface area contributed by atoms with Gasteiger partial charge in [-0.1, -0.05) is 24.3 Å². The number of halogens is 1. The number of hydrogen-bond donors (Lipinski definition) is 4. The lowest BCUT2D eigenvalue weighted by Crippen LogP contribution is -2.13. The fourth-order valence-corrected chi connectivity index (χ4v) is 5.40. The standard InChI is InChI=1S/C16H11NO4.C9H7ClO3.C9H8O4.C8H5NO3.C7H6O3/c1-10(18)20-12-8-6-11(7-9-12)15-17-14-5-3-2-4-13(14)16(19)21-15;1-6(11)13-8-4-2-7(3-5-8)9(10)12;1-6(10)13-8-4-2-7(3-5-8)9(11)12;10-7-5-3-1-2-4-6(5)9-8(11)12-7;8-6-3-1-5(2-4-6)7(9)10/h2-9H,1H3;2-5H,1H3;2-5H,1H3,(H,11,12);1-4H,(H,9,11);1-4,8H,(H,9,10). The van der Waals surface area contributed by atoms with Gasteiger partial charge in [-0.3, -0.25) is 24.2 Å². The Hall–Kier alpha value is -9.49. The number of rotatable bonds is 7. The second kappa shape index (κ2) is 25.3. The molecule has 8 rings (SSSR count). The molecule has 0 aliphatic rings. The van der Waals surface area contributed by atoms with E-state index in [1.807, 2.05) is 6.07 Å². The van der Waals surface area contributed by atoms with Crippen LogP contribution in [-0.4, -0.2) is 60.4 Å². The van der Waals surface area contributed by atoms with Crippen molar-refractivity contribution < 1.29 is 67.1 Å². The van der Waals surface area contributed by atoms with Crippen molar-refractivity contribution in [2.75, 3.05) is 0 Å². The number of carboxylic acid groups (broad SMARTS) is 2. The van der Waals surface area contributed by atoms with E-state index in [9.17, 15) is 43.2 Å². The van der Waals surface area contributed by atoms with E-state index >= 15 is 0 Å². The fourth-order valence-electron chi connectivity index (χ4n) is 5.27. The molecule has 4 N–H and O–H groups in total. The summed E-state index contributed by atoms with van der Waals surface area (Å²) in [6.07, 6.45) is 0. The number of nitrogens with one attached hydrogen (secondary N) is 1. The van der Waals surface area contributed by atoms with Gasteiger partial charge in [0, 0.05) is 31.9 Å². The molecule has 19 nitrogen and oxygen atoms in total. The number of esters is 3. The Labute approximate surface area is 393 Å². The van der Waals surface area contributed by atoms with Gasteiger partial charge in [0.15, 0.2) is 0 Å². The smallest absolute Gasteiger partial charge is 0.419 e. The average molecular weight is 961 g/mol. The quantitative estimate of drug-likeness (QED) is 0.0677. The zero-order valence-electron chi connectivity index (χ0n) is 36.2. The van der Waals surface area contributed by atoms with Gasteiger partial charge in [0.2, 0.25) is 5.89 Å². The third-order valence-corrected chi connectivity index (χ3v) is 8.51. The number of fused-ring (bicyclic) bond motifs is 2. The number of aromatic amines is 1. The van der Waals surface area contributed by atoms with Gasteiger partial charge in [0.05, 0.1) is 32.9 Å². The Balaban J connectivity index is 0.000000193. The summed E-state index contributed by atoms with van der Waals surface area (Å²) < 4.78 is 24.0. The molecule has 69 heavy (non-hydrogen) atoms. The van der Waals surface area contributed by atoms with E-state index in [2.05, 4.69) is 14.4 Å². The molecule has 0 aliphatic heterocycles. The summed E-state index contributed by atoms with van der Waals surface area (Å²) in [7, 11) is 0. The highest BCUT2D eigenvalue weighted by molar-refractivity contribution is 6.67. The van der Waals surface area contributed by atoms with Crippen molar-refractivity contribution in [1.82, 2.24) is 9.97 Å². The average Bonchev–Trinajstić information content (AvgIpc) is 3.30. The molecular formula is C49H37ClN2O17. The number of H-pyrrole nitrogens is 1. The number of nitrogens with zero attached hydrogens (tertiary/aromatic N) is 1. The number of ether oxygens (including phenoxy) is 3. The minimum Gasteiger partial charge on any atom is -0.508 e. The molecule has 0 radical (unpaired) electrons.